The second-order valence-electron chi connectivity index (χ2n) is 5.23. The number of nitrogens with zero attached hydrogens (tertiary/aromatic N) is 3. The number of fused-ring (bicyclic) bond motifs is 1. The summed E-state index contributed by atoms with van der Waals surface area (Å²) in [5.74, 6) is 0.355. The Hall–Kier alpha value is -3.02. The van der Waals surface area contributed by atoms with E-state index < -0.39 is 0 Å². The predicted octanol–water partition coefficient (Wildman–Crippen LogP) is 2.13. The molecule has 0 bridgehead atoms. The molecular weight excluding hydrogens is 292 g/mol. The fourth-order valence-electron chi connectivity index (χ4n) is 2.30. The Morgan fingerprint density at radius 2 is 2.00 bits per heavy atom. The van der Waals surface area contributed by atoms with Gasteiger partial charge in [0.15, 0.2) is 0 Å². The number of amides is 1. The Morgan fingerprint density at radius 3 is 2.83 bits per heavy atom. The zero-order valence-electron chi connectivity index (χ0n) is 12.7. The fourth-order valence-corrected chi connectivity index (χ4v) is 2.30. The van der Waals surface area contributed by atoms with Crippen LogP contribution in [0.15, 0.2) is 53.7 Å². The Bertz CT molecular complexity index is 918. The number of aryl methyl sites for hydroxylation is 2. The molecule has 6 nitrogen and oxygen atoms in total. The molecule has 3 aromatic rings. The lowest BCUT2D eigenvalue weighted by molar-refractivity contribution is -0.116. The van der Waals surface area contributed by atoms with E-state index in [1.54, 1.807) is 24.4 Å². The first-order valence-corrected chi connectivity index (χ1v) is 7.31. The minimum Gasteiger partial charge on any atom is -0.310 e. The summed E-state index contributed by atoms with van der Waals surface area (Å²) in [4.78, 5) is 32.7. The highest BCUT2D eigenvalue weighted by molar-refractivity contribution is 5.90. The van der Waals surface area contributed by atoms with Crippen molar-refractivity contribution in [2.45, 2.75) is 19.9 Å². The molecule has 1 amide bonds. The van der Waals surface area contributed by atoms with Crippen molar-refractivity contribution < 1.29 is 4.79 Å². The minimum absolute atomic E-state index is 0.141. The van der Waals surface area contributed by atoms with Crippen LogP contribution in [0.2, 0.25) is 0 Å². The van der Waals surface area contributed by atoms with Gasteiger partial charge in [-0.2, -0.15) is 0 Å². The Kier molecular flexibility index (Phi) is 4.14. The standard InChI is InChI=1S/C17H16N4O2/c1-12-5-4-9-18-16(12)20-15(22)8-10-21-11-19-14-7-3-2-6-13(14)17(21)23/h2-7,9,11H,8,10H2,1H3,(H,18,20,22). The number of hydrogen-bond acceptors (Lipinski definition) is 4. The van der Waals surface area contributed by atoms with Gasteiger partial charge < -0.3 is 5.32 Å². The van der Waals surface area contributed by atoms with E-state index >= 15 is 0 Å². The van der Waals surface area contributed by atoms with Crippen molar-refractivity contribution in [3.05, 3.63) is 64.8 Å². The van der Waals surface area contributed by atoms with Crippen LogP contribution in [0.3, 0.4) is 0 Å². The lowest BCUT2D eigenvalue weighted by atomic mass is 10.2. The molecular formula is C17H16N4O2. The van der Waals surface area contributed by atoms with Crippen LogP contribution in [0, 0.1) is 6.92 Å². The lowest BCUT2D eigenvalue weighted by Crippen LogP contribution is -2.24. The quantitative estimate of drug-likeness (QED) is 0.801. The highest BCUT2D eigenvalue weighted by atomic mass is 16.2. The van der Waals surface area contributed by atoms with E-state index in [2.05, 4.69) is 15.3 Å². The molecule has 0 saturated heterocycles. The lowest BCUT2D eigenvalue weighted by Gasteiger charge is -2.08. The minimum atomic E-state index is -0.188. The molecule has 0 aliphatic rings. The van der Waals surface area contributed by atoms with Gasteiger partial charge in [-0.15, -0.1) is 0 Å². The van der Waals surface area contributed by atoms with E-state index in [0.29, 0.717) is 16.7 Å². The van der Waals surface area contributed by atoms with Crippen molar-refractivity contribution >= 4 is 22.6 Å². The van der Waals surface area contributed by atoms with Gasteiger partial charge in [0, 0.05) is 19.2 Å². The molecule has 0 fully saturated rings. The predicted molar refractivity (Wildman–Crippen MR) is 88.2 cm³/mol. The van der Waals surface area contributed by atoms with Gasteiger partial charge in [0.2, 0.25) is 5.91 Å². The highest BCUT2D eigenvalue weighted by Gasteiger charge is 2.08. The number of rotatable bonds is 4. The first-order valence-electron chi connectivity index (χ1n) is 7.31. The van der Waals surface area contributed by atoms with Crippen molar-refractivity contribution in [1.29, 1.82) is 0 Å². The molecule has 23 heavy (non-hydrogen) atoms. The van der Waals surface area contributed by atoms with Crippen LogP contribution in [0.4, 0.5) is 5.82 Å². The summed E-state index contributed by atoms with van der Waals surface area (Å²) in [6.45, 7) is 2.15. The monoisotopic (exact) mass is 308 g/mol. The summed E-state index contributed by atoms with van der Waals surface area (Å²) in [5, 5.41) is 3.30. The summed E-state index contributed by atoms with van der Waals surface area (Å²) < 4.78 is 1.45. The maximum Gasteiger partial charge on any atom is 0.261 e. The number of benzene rings is 1. The van der Waals surface area contributed by atoms with Crippen molar-refractivity contribution in [1.82, 2.24) is 14.5 Å². The van der Waals surface area contributed by atoms with Crippen molar-refractivity contribution in [2.24, 2.45) is 0 Å². The molecule has 0 saturated carbocycles. The molecule has 0 radical (unpaired) electrons. The second kappa shape index (κ2) is 6.39. The molecule has 0 aliphatic carbocycles. The van der Waals surface area contributed by atoms with E-state index in [1.165, 1.54) is 10.9 Å². The Morgan fingerprint density at radius 1 is 1.17 bits per heavy atom. The second-order valence-corrected chi connectivity index (χ2v) is 5.23. The number of nitrogens with one attached hydrogen (secondary N) is 1. The van der Waals surface area contributed by atoms with Crippen LogP contribution in [0.5, 0.6) is 0 Å². The van der Waals surface area contributed by atoms with E-state index in [1.807, 2.05) is 25.1 Å². The van der Waals surface area contributed by atoms with Gasteiger partial charge in [-0.1, -0.05) is 18.2 Å². The molecule has 2 heterocycles. The molecule has 6 heteroatoms. The van der Waals surface area contributed by atoms with Crippen LogP contribution >= 0.6 is 0 Å². The van der Waals surface area contributed by atoms with Gasteiger partial charge in [0.25, 0.3) is 5.56 Å². The average Bonchev–Trinajstić information content (AvgIpc) is 2.57. The summed E-state index contributed by atoms with van der Waals surface area (Å²) in [6.07, 6.45) is 3.28. The van der Waals surface area contributed by atoms with Crippen molar-refractivity contribution in [3.63, 3.8) is 0 Å². The van der Waals surface area contributed by atoms with Crippen molar-refractivity contribution in [3.8, 4) is 0 Å². The number of carbonyl (C=O) groups is 1. The van der Waals surface area contributed by atoms with Gasteiger partial charge >= 0.3 is 0 Å². The van der Waals surface area contributed by atoms with Crippen molar-refractivity contribution in [2.75, 3.05) is 5.32 Å². The summed E-state index contributed by atoms with van der Waals surface area (Å²) >= 11 is 0. The van der Waals surface area contributed by atoms with Gasteiger partial charge in [0.05, 0.1) is 17.2 Å². The third kappa shape index (κ3) is 3.26. The zero-order valence-corrected chi connectivity index (χ0v) is 12.7. The molecule has 3 rings (SSSR count). The molecule has 0 spiro atoms. The normalized spacial score (nSPS) is 10.7. The van der Waals surface area contributed by atoms with E-state index in [-0.39, 0.29) is 24.4 Å². The third-order valence-corrected chi connectivity index (χ3v) is 3.58. The smallest absolute Gasteiger partial charge is 0.261 e. The van der Waals surface area contributed by atoms with E-state index in [4.69, 9.17) is 0 Å². The Labute approximate surface area is 132 Å². The Balaban J connectivity index is 1.71. The molecule has 116 valence electrons. The average molecular weight is 308 g/mol. The molecule has 2 aromatic heterocycles. The summed E-state index contributed by atoms with van der Waals surface area (Å²) in [6, 6.07) is 10.8. The number of pyridine rings is 1. The van der Waals surface area contributed by atoms with Crippen LogP contribution in [-0.4, -0.2) is 20.4 Å². The van der Waals surface area contributed by atoms with Gasteiger partial charge in [0.1, 0.15) is 5.82 Å². The largest absolute Gasteiger partial charge is 0.310 e. The van der Waals surface area contributed by atoms with E-state index in [0.717, 1.165) is 5.56 Å². The highest BCUT2D eigenvalue weighted by Crippen LogP contribution is 2.09. The number of hydrogen-bond donors (Lipinski definition) is 1. The first kappa shape index (κ1) is 14.9. The fraction of sp³-hybridized carbons (Fsp3) is 0.176. The number of aromatic nitrogens is 3. The maximum absolute atomic E-state index is 12.3. The number of carbonyl (C=O) groups excluding carboxylic acids is 1. The molecule has 1 N–H and O–H groups in total. The topological polar surface area (TPSA) is 76.9 Å². The van der Waals surface area contributed by atoms with E-state index in [9.17, 15) is 9.59 Å². The van der Waals surface area contributed by atoms with Crippen LogP contribution in [0.25, 0.3) is 10.9 Å². The van der Waals surface area contributed by atoms with Gasteiger partial charge in [-0.05, 0) is 30.7 Å². The summed E-state index contributed by atoms with van der Waals surface area (Å²) in [7, 11) is 0. The first-order chi connectivity index (χ1) is 11.1. The maximum atomic E-state index is 12.3. The SMILES string of the molecule is Cc1cccnc1NC(=O)CCn1cnc2ccccc2c1=O. The zero-order chi connectivity index (χ0) is 16.2. The molecule has 1 aromatic carbocycles. The van der Waals surface area contributed by atoms with Crippen LogP contribution in [-0.2, 0) is 11.3 Å². The molecule has 0 unspecified atom stereocenters. The third-order valence-electron chi connectivity index (χ3n) is 3.58. The number of anilines is 1. The summed E-state index contributed by atoms with van der Waals surface area (Å²) in [5.41, 5.74) is 1.41. The number of para-hydroxylation sites is 1. The van der Waals surface area contributed by atoms with Crippen LogP contribution < -0.4 is 10.9 Å². The molecule has 0 atom stereocenters. The molecule has 0 aliphatic heterocycles. The van der Waals surface area contributed by atoms with Crippen LogP contribution in [0.1, 0.15) is 12.0 Å². The van der Waals surface area contributed by atoms with Gasteiger partial charge in [-0.3, -0.25) is 14.2 Å². The van der Waals surface area contributed by atoms with Gasteiger partial charge in [-0.25, -0.2) is 9.97 Å².